The second-order valence-electron chi connectivity index (χ2n) is 5.41. The smallest absolute Gasteiger partial charge is 0.191 e. The van der Waals surface area contributed by atoms with Gasteiger partial charge in [-0.2, -0.15) is 0 Å². The molecule has 0 saturated carbocycles. The number of pyridine rings is 1. The quantitative estimate of drug-likeness (QED) is 0.250. The highest BCUT2D eigenvalue weighted by Crippen LogP contribution is 2.13. The van der Waals surface area contributed by atoms with Crippen LogP contribution < -0.4 is 10.6 Å². The number of hydrogen-bond acceptors (Lipinski definition) is 3. The molecule has 25 heavy (non-hydrogen) atoms. The molecule has 0 aliphatic heterocycles. The Morgan fingerprint density at radius 1 is 1.20 bits per heavy atom. The zero-order valence-corrected chi connectivity index (χ0v) is 17.2. The molecule has 2 aromatic rings. The Labute approximate surface area is 170 Å². The average molecular weight is 475 g/mol. The minimum atomic E-state index is 0. The highest BCUT2D eigenvalue weighted by atomic mass is 127. The number of rotatable bonds is 7. The number of aromatic nitrogens is 1. The summed E-state index contributed by atoms with van der Waals surface area (Å²) in [5.74, 6) is 0.747. The summed E-state index contributed by atoms with van der Waals surface area (Å²) in [4.78, 5) is 8.27. The van der Waals surface area contributed by atoms with Crippen LogP contribution in [0.2, 0.25) is 5.15 Å². The SMILES string of the molecule is CN=C(NCCc1ccc(Cl)nc1)NCC(CO)c1ccccc1.I. The van der Waals surface area contributed by atoms with E-state index in [-0.39, 0.29) is 36.5 Å². The van der Waals surface area contributed by atoms with E-state index in [1.165, 1.54) is 0 Å². The van der Waals surface area contributed by atoms with Crippen LogP contribution in [0.15, 0.2) is 53.7 Å². The fourth-order valence-electron chi connectivity index (χ4n) is 2.33. The van der Waals surface area contributed by atoms with Crippen molar-refractivity contribution in [2.24, 2.45) is 4.99 Å². The van der Waals surface area contributed by atoms with Crippen molar-refractivity contribution in [1.29, 1.82) is 0 Å². The maximum Gasteiger partial charge on any atom is 0.191 e. The topological polar surface area (TPSA) is 69.5 Å². The monoisotopic (exact) mass is 474 g/mol. The third kappa shape index (κ3) is 7.58. The molecule has 0 fully saturated rings. The Morgan fingerprint density at radius 2 is 1.96 bits per heavy atom. The van der Waals surface area contributed by atoms with E-state index in [0.29, 0.717) is 17.7 Å². The van der Waals surface area contributed by atoms with Gasteiger partial charge in [0, 0.05) is 32.3 Å². The molecule has 5 nitrogen and oxygen atoms in total. The van der Waals surface area contributed by atoms with E-state index in [4.69, 9.17) is 11.6 Å². The molecule has 1 atom stereocenters. The van der Waals surface area contributed by atoms with Gasteiger partial charge in [-0.05, 0) is 23.6 Å². The van der Waals surface area contributed by atoms with Crippen molar-refractivity contribution in [1.82, 2.24) is 15.6 Å². The van der Waals surface area contributed by atoms with E-state index in [2.05, 4.69) is 20.6 Å². The van der Waals surface area contributed by atoms with Gasteiger partial charge in [-0.1, -0.05) is 48.0 Å². The molecule has 1 aromatic carbocycles. The number of nitrogens with one attached hydrogen (secondary N) is 2. The van der Waals surface area contributed by atoms with Crippen molar-refractivity contribution in [2.75, 3.05) is 26.7 Å². The number of aliphatic hydroxyl groups is 1. The Bertz CT molecular complexity index is 637. The molecule has 0 radical (unpaired) electrons. The third-order valence-electron chi connectivity index (χ3n) is 3.73. The number of hydrogen-bond donors (Lipinski definition) is 3. The summed E-state index contributed by atoms with van der Waals surface area (Å²) in [7, 11) is 1.73. The minimum Gasteiger partial charge on any atom is -0.396 e. The first-order chi connectivity index (χ1) is 11.7. The number of guanidine groups is 1. The maximum absolute atomic E-state index is 9.59. The van der Waals surface area contributed by atoms with Gasteiger partial charge in [0.05, 0.1) is 6.61 Å². The maximum atomic E-state index is 9.59. The normalized spacial score (nSPS) is 12.2. The van der Waals surface area contributed by atoms with Crippen LogP contribution in [0.25, 0.3) is 0 Å². The predicted octanol–water partition coefficient (Wildman–Crippen LogP) is 2.84. The zero-order chi connectivity index (χ0) is 17.2. The number of aliphatic imine (C=N–C) groups is 1. The molecule has 0 spiro atoms. The van der Waals surface area contributed by atoms with Gasteiger partial charge in [-0.3, -0.25) is 4.99 Å². The molecular formula is C18H24ClIN4O. The first kappa shape index (κ1) is 21.7. The number of nitrogens with zero attached hydrogens (tertiary/aromatic N) is 2. The van der Waals surface area contributed by atoms with E-state index in [0.717, 1.165) is 24.1 Å². The third-order valence-corrected chi connectivity index (χ3v) is 3.95. The Kier molecular flexibility index (Phi) is 10.4. The van der Waals surface area contributed by atoms with E-state index in [9.17, 15) is 5.11 Å². The fraction of sp³-hybridized carbons (Fsp3) is 0.333. The van der Waals surface area contributed by atoms with Gasteiger partial charge >= 0.3 is 0 Å². The summed E-state index contributed by atoms with van der Waals surface area (Å²) in [6.45, 7) is 1.44. The van der Waals surface area contributed by atoms with Crippen LogP contribution in [0.3, 0.4) is 0 Å². The average Bonchev–Trinajstić information content (AvgIpc) is 2.63. The van der Waals surface area contributed by atoms with E-state index >= 15 is 0 Å². The van der Waals surface area contributed by atoms with E-state index < -0.39 is 0 Å². The molecule has 0 aliphatic carbocycles. The van der Waals surface area contributed by atoms with Crippen molar-refractivity contribution in [2.45, 2.75) is 12.3 Å². The van der Waals surface area contributed by atoms with Crippen molar-refractivity contribution in [3.05, 3.63) is 64.9 Å². The van der Waals surface area contributed by atoms with Gasteiger partial charge < -0.3 is 15.7 Å². The van der Waals surface area contributed by atoms with Gasteiger partial charge in [0.1, 0.15) is 5.15 Å². The highest BCUT2D eigenvalue weighted by Gasteiger charge is 2.10. The van der Waals surface area contributed by atoms with Crippen molar-refractivity contribution < 1.29 is 5.11 Å². The molecular weight excluding hydrogens is 451 g/mol. The van der Waals surface area contributed by atoms with Gasteiger partial charge in [0.25, 0.3) is 0 Å². The van der Waals surface area contributed by atoms with Crippen LogP contribution in [0, 0.1) is 0 Å². The first-order valence-electron chi connectivity index (χ1n) is 7.93. The lowest BCUT2D eigenvalue weighted by Crippen LogP contribution is -2.40. The van der Waals surface area contributed by atoms with Crippen LogP contribution in [-0.2, 0) is 6.42 Å². The molecule has 0 saturated heterocycles. The van der Waals surface area contributed by atoms with Crippen molar-refractivity contribution in [3.63, 3.8) is 0 Å². The molecule has 3 N–H and O–H groups in total. The number of halogens is 2. The summed E-state index contributed by atoms with van der Waals surface area (Å²) in [6, 6.07) is 13.7. The fourth-order valence-corrected chi connectivity index (χ4v) is 2.44. The molecule has 1 heterocycles. The van der Waals surface area contributed by atoms with Crippen LogP contribution in [0.1, 0.15) is 17.0 Å². The summed E-state index contributed by atoms with van der Waals surface area (Å²) in [5, 5.41) is 16.6. The summed E-state index contributed by atoms with van der Waals surface area (Å²) >= 11 is 5.78. The van der Waals surface area contributed by atoms with E-state index in [1.807, 2.05) is 36.4 Å². The molecule has 1 unspecified atom stereocenters. The zero-order valence-electron chi connectivity index (χ0n) is 14.2. The Balaban J connectivity index is 0.00000312. The molecule has 1 aromatic heterocycles. The standard InChI is InChI=1S/C18H23ClN4O.HI/c1-20-18(21-10-9-14-7-8-17(19)22-11-14)23-12-16(13-24)15-5-3-2-4-6-15;/h2-8,11,16,24H,9-10,12-13H2,1H3,(H2,20,21,23);1H. The second kappa shape index (κ2) is 12.1. The van der Waals surface area contributed by atoms with Crippen LogP contribution >= 0.6 is 35.6 Å². The van der Waals surface area contributed by atoms with Crippen LogP contribution in [-0.4, -0.2) is 42.8 Å². The van der Waals surface area contributed by atoms with Gasteiger partial charge in [-0.15, -0.1) is 24.0 Å². The largest absolute Gasteiger partial charge is 0.396 e. The summed E-state index contributed by atoms with van der Waals surface area (Å²) in [5.41, 5.74) is 2.22. The lowest BCUT2D eigenvalue weighted by Gasteiger charge is -2.18. The lowest BCUT2D eigenvalue weighted by atomic mass is 10.0. The van der Waals surface area contributed by atoms with Gasteiger partial charge in [-0.25, -0.2) is 4.98 Å². The molecule has 136 valence electrons. The first-order valence-corrected chi connectivity index (χ1v) is 8.31. The van der Waals surface area contributed by atoms with Gasteiger partial charge in [0.2, 0.25) is 0 Å². The Hall–Kier alpha value is -1.38. The molecule has 0 amide bonds. The summed E-state index contributed by atoms with van der Waals surface area (Å²) in [6.07, 6.45) is 2.60. The van der Waals surface area contributed by atoms with Gasteiger partial charge in [0.15, 0.2) is 5.96 Å². The van der Waals surface area contributed by atoms with E-state index in [1.54, 1.807) is 19.3 Å². The van der Waals surface area contributed by atoms with Crippen LogP contribution in [0.4, 0.5) is 0 Å². The molecule has 2 rings (SSSR count). The highest BCUT2D eigenvalue weighted by molar-refractivity contribution is 14.0. The lowest BCUT2D eigenvalue weighted by molar-refractivity contribution is 0.265. The number of benzene rings is 1. The Morgan fingerprint density at radius 3 is 2.56 bits per heavy atom. The van der Waals surface area contributed by atoms with Crippen molar-refractivity contribution >= 4 is 41.5 Å². The molecule has 0 aliphatic rings. The van der Waals surface area contributed by atoms with Crippen molar-refractivity contribution in [3.8, 4) is 0 Å². The second-order valence-corrected chi connectivity index (χ2v) is 5.80. The molecule has 0 bridgehead atoms. The number of aliphatic hydroxyl groups excluding tert-OH is 1. The summed E-state index contributed by atoms with van der Waals surface area (Å²) < 4.78 is 0. The molecule has 7 heteroatoms. The minimum absolute atomic E-state index is 0. The predicted molar refractivity (Wildman–Crippen MR) is 114 cm³/mol. The van der Waals surface area contributed by atoms with Crippen LogP contribution in [0.5, 0.6) is 0 Å².